The monoisotopic (exact) mass is 566 g/mol. The van der Waals surface area contributed by atoms with Crippen LogP contribution in [0.4, 0.5) is 0 Å². The zero-order valence-corrected chi connectivity index (χ0v) is 24.3. The van der Waals surface area contributed by atoms with Crippen LogP contribution < -0.4 is 20.9 Å². The molecule has 0 N–H and O–H groups in total. The van der Waals surface area contributed by atoms with Gasteiger partial charge in [-0.2, -0.15) is 5.10 Å². The quantitative estimate of drug-likeness (QED) is 0.256. The smallest absolute Gasteiger partial charge is 0.203 e. The molecule has 202 valence electrons. The minimum absolute atomic E-state index is 1.03. The zero-order chi connectivity index (χ0) is 28.4. The normalized spacial score (nSPS) is 13.3. The summed E-state index contributed by atoms with van der Waals surface area (Å²) in [6, 6.07) is 50.8. The van der Waals surface area contributed by atoms with Gasteiger partial charge in [-0.3, -0.25) is 4.98 Å². The van der Waals surface area contributed by atoms with Gasteiger partial charge in [0, 0.05) is 40.4 Å². The number of hydrogen-bond acceptors (Lipinski definition) is 2. The molecule has 3 aromatic heterocycles. The minimum Gasteiger partial charge on any atom is -0.309 e. The first-order chi connectivity index (χ1) is 21.3. The molecule has 5 aromatic carbocycles. The van der Waals surface area contributed by atoms with Crippen LogP contribution in [-0.4, -0.2) is 27.4 Å². The van der Waals surface area contributed by atoms with Gasteiger partial charge < -0.3 is 4.57 Å². The van der Waals surface area contributed by atoms with E-state index in [9.17, 15) is 0 Å². The van der Waals surface area contributed by atoms with Crippen LogP contribution in [0.5, 0.6) is 0 Å². The Morgan fingerprint density at radius 1 is 0.512 bits per heavy atom. The van der Waals surface area contributed by atoms with Gasteiger partial charge >= 0.3 is 0 Å². The van der Waals surface area contributed by atoms with Crippen LogP contribution >= 0.6 is 0 Å². The standard InChI is InChI=1S/C38H26N4Si/c1-4-16-34-30(13-1)31-21-20-29(26-35(31)42(34)28-12-9-11-27(25-28)41-24-10-23-40-41)43(38-19-7-8-22-39-38)36-17-5-2-14-32(36)33-15-3-6-18-37(33)43/h1-26H. The van der Waals surface area contributed by atoms with Gasteiger partial charge in [-0.1, -0.05) is 91.0 Å². The molecule has 9 rings (SSSR count). The second-order valence-electron chi connectivity index (χ2n) is 11.1. The molecule has 0 atom stereocenters. The first kappa shape index (κ1) is 24.1. The van der Waals surface area contributed by atoms with E-state index in [0.717, 1.165) is 16.7 Å². The van der Waals surface area contributed by atoms with Crippen LogP contribution in [0.3, 0.4) is 0 Å². The van der Waals surface area contributed by atoms with E-state index in [1.165, 1.54) is 48.5 Å². The molecule has 1 aliphatic heterocycles. The number of nitrogens with zero attached hydrogens (tertiary/aromatic N) is 4. The van der Waals surface area contributed by atoms with Crippen LogP contribution in [0, 0.1) is 0 Å². The van der Waals surface area contributed by atoms with Crippen molar-refractivity contribution < 1.29 is 0 Å². The predicted octanol–water partition coefficient (Wildman–Crippen LogP) is 5.72. The largest absolute Gasteiger partial charge is 0.309 e. The van der Waals surface area contributed by atoms with Crippen molar-refractivity contribution >= 4 is 50.8 Å². The molecule has 4 nitrogen and oxygen atoms in total. The third-order valence-corrected chi connectivity index (χ3v) is 13.7. The maximum atomic E-state index is 5.10. The van der Waals surface area contributed by atoms with Crippen molar-refractivity contribution in [3.05, 3.63) is 158 Å². The lowest BCUT2D eigenvalue weighted by molar-refractivity contribution is 0.879. The lowest BCUT2D eigenvalue weighted by Gasteiger charge is -2.30. The first-order valence-electron chi connectivity index (χ1n) is 14.6. The summed E-state index contributed by atoms with van der Waals surface area (Å²) in [5, 5.41) is 12.3. The molecule has 8 aromatic rings. The molecule has 0 unspecified atom stereocenters. The number of benzene rings is 5. The molecule has 0 saturated carbocycles. The fraction of sp³-hybridized carbons (Fsp3) is 0. The highest BCUT2D eigenvalue weighted by molar-refractivity contribution is 7.21. The summed E-state index contributed by atoms with van der Waals surface area (Å²) >= 11 is 0. The highest BCUT2D eigenvalue weighted by Crippen LogP contribution is 2.34. The van der Waals surface area contributed by atoms with E-state index in [2.05, 4.69) is 137 Å². The van der Waals surface area contributed by atoms with Gasteiger partial charge in [0.2, 0.25) is 8.07 Å². The lowest BCUT2D eigenvalue weighted by atomic mass is 10.1. The molecule has 0 amide bonds. The van der Waals surface area contributed by atoms with Gasteiger partial charge in [0.25, 0.3) is 0 Å². The van der Waals surface area contributed by atoms with Gasteiger partial charge in [-0.15, -0.1) is 0 Å². The van der Waals surface area contributed by atoms with Crippen molar-refractivity contribution in [2.45, 2.75) is 0 Å². The molecule has 43 heavy (non-hydrogen) atoms. The Morgan fingerprint density at radius 3 is 2.00 bits per heavy atom. The average molecular weight is 567 g/mol. The summed E-state index contributed by atoms with van der Waals surface area (Å²) in [5.74, 6) is 0. The Labute approximate surface area is 250 Å². The molecule has 0 fully saturated rings. The zero-order valence-electron chi connectivity index (χ0n) is 23.3. The fourth-order valence-corrected chi connectivity index (χ4v) is 12.2. The van der Waals surface area contributed by atoms with Gasteiger partial charge in [0.05, 0.1) is 16.7 Å². The van der Waals surface area contributed by atoms with Crippen molar-refractivity contribution in [3.8, 4) is 22.5 Å². The van der Waals surface area contributed by atoms with Crippen LogP contribution in [0.1, 0.15) is 0 Å². The van der Waals surface area contributed by atoms with Crippen LogP contribution in [0.15, 0.2) is 158 Å². The summed E-state index contributed by atoms with van der Waals surface area (Å²) < 4.78 is 4.33. The summed E-state index contributed by atoms with van der Waals surface area (Å²) in [5.41, 5.74) is 7.17. The van der Waals surface area contributed by atoms with Crippen molar-refractivity contribution in [1.29, 1.82) is 0 Å². The summed E-state index contributed by atoms with van der Waals surface area (Å²) in [4.78, 5) is 5.10. The van der Waals surface area contributed by atoms with Crippen LogP contribution in [0.25, 0.3) is 44.3 Å². The summed E-state index contributed by atoms with van der Waals surface area (Å²) in [7, 11) is -2.71. The first-order valence-corrected chi connectivity index (χ1v) is 16.6. The minimum atomic E-state index is -2.71. The van der Waals surface area contributed by atoms with E-state index in [4.69, 9.17) is 4.98 Å². The van der Waals surface area contributed by atoms with E-state index < -0.39 is 8.07 Å². The molecule has 0 spiro atoms. The van der Waals surface area contributed by atoms with E-state index in [1.807, 2.05) is 35.4 Å². The number of fused-ring (bicyclic) bond motifs is 6. The maximum absolute atomic E-state index is 5.10. The Balaban J connectivity index is 1.39. The summed E-state index contributed by atoms with van der Waals surface area (Å²) in [6.07, 6.45) is 5.75. The van der Waals surface area contributed by atoms with Gasteiger partial charge in [-0.25, -0.2) is 4.68 Å². The molecular weight excluding hydrogens is 541 g/mol. The average Bonchev–Trinajstić information content (AvgIpc) is 3.80. The lowest BCUT2D eigenvalue weighted by Crippen LogP contribution is -2.73. The van der Waals surface area contributed by atoms with E-state index in [1.54, 1.807) is 0 Å². The Hall–Kier alpha value is -5.52. The number of para-hydroxylation sites is 1. The second kappa shape index (κ2) is 9.24. The van der Waals surface area contributed by atoms with Crippen molar-refractivity contribution in [2.75, 3.05) is 0 Å². The van der Waals surface area contributed by atoms with Crippen molar-refractivity contribution in [1.82, 2.24) is 19.3 Å². The fourth-order valence-electron chi connectivity index (χ4n) is 7.23. The molecule has 5 heteroatoms. The molecule has 0 radical (unpaired) electrons. The second-order valence-corrected chi connectivity index (χ2v) is 14.8. The van der Waals surface area contributed by atoms with E-state index in [0.29, 0.717) is 0 Å². The highest BCUT2D eigenvalue weighted by Gasteiger charge is 2.49. The topological polar surface area (TPSA) is 35.6 Å². The third kappa shape index (κ3) is 3.37. The van der Waals surface area contributed by atoms with Gasteiger partial charge in [0.1, 0.15) is 0 Å². The Morgan fingerprint density at radius 2 is 1.23 bits per heavy atom. The third-order valence-electron chi connectivity index (χ3n) is 8.97. The van der Waals surface area contributed by atoms with E-state index >= 15 is 0 Å². The highest BCUT2D eigenvalue weighted by atomic mass is 28.3. The molecular formula is C38H26N4Si. The van der Waals surface area contributed by atoms with Crippen molar-refractivity contribution in [2.24, 2.45) is 0 Å². The molecule has 0 aliphatic carbocycles. The van der Waals surface area contributed by atoms with Crippen LogP contribution in [0.2, 0.25) is 0 Å². The molecule has 4 heterocycles. The van der Waals surface area contributed by atoms with Crippen LogP contribution in [-0.2, 0) is 0 Å². The number of pyridine rings is 1. The molecule has 1 aliphatic rings. The van der Waals surface area contributed by atoms with Crippen molar-refractivity contribution in [3.63, 3.8) is 0 Å². The Bertz CT molecular complexity index is 2260. The molecule has 0 saturated heterocycles. The molecule has 0 bridgehead atoms. The SMILES string of the molecule is c1ccc([Si]2(c3ccc4c5ccccc5n(-c5cccc(-n6cccn6)c5)c4c3)c3ccccc3-c3ccccc32)nc1. The Kier molecular flexibility index (Phi) is 5.18. The maximum Gasteiger partial charge on any atom is 0.203 e. The van der Waals surface area contributed by atoms with E-state index in [-0.39, 0.29) is 0 Å². The number of aromatic nitrogens is 4. The number of hydrogen-bond donors (Lipinski definition) is 0. The van der Waals surface area contributed by atoms with Gasteiger partial charge in [-0.05, 0) is 75.2 Å². The predicted molar refractivity (Wildman–Crippen MR) is 178 cm³/mol. The van der Waals surface area contributed by atoms with Gasteiger partial charge in [0.15, 0.2) is 0 Å². The number of rotatable bonds is 4. The summed E-state index contributed by atoms with van der Waals surface area (Å²) in [6.45, 7) is 0.